The average Bonchev–Trinajstić information content (AvgIpc) is 2.72. The van der Waals surface area contributed by atoms with Crippen molar-refractivity contribution in [1.29, 1.82) is 0 Å². The summed E-state index contributed by atoms with van der Waals surface area (Å²) in [6, 6.07) is 10.7. The molecule has 168 valence electrons. The van der Waals surface area contributed by atoms with E-state index in [1.807, 2.05) is 6.07 Å². The zero-order chi connectivity index (χ0) is 21.0. The Labute approximate surface area is 194 Å². The summed E-state index contributed by atoms with van der Waals surface area (Å²) in [7, 11) is 0.256. The first kappa shape index (κ1) is 28.1. The summed E-state index contributed by atoms with van der Waals surface area (Å²) in [5, 5.41) is 6.69. The van der Waals surface area contributed by atoms with Gasteiger partial charge >= 0.3 is 0 Å². The minimum Gasteiger partial charge on any atom is -0.356 e. The Hall–Kier alpha value is -0.910. The van der Waals surface area contributed by atoms with Crippen LogP contribution in [-0.2, 0) is 10.0 Å². The molecule has 0 aliphatic heterocycles. The van der Waals surface area contributed by atoms with Crippen LogP contribution in [0.3, 0.4) is 0 Å². The molecular formula is C20H38IN5O2S. The summed E-state index contributed by atoms with van der Waals surface area (Å²) < 4.78 is 25.0. The van der Waals surface area contributed by atoms with Crippen molar-refractivity contribution in [3.8, 4) is 0 Å². The molecule has 29 heavy (non-hydrogen) atoms. The Balaban J connectivity index is 0.00000784. The maximum Gasteiger partial charge on any atom is 0.213 e. The number of hydrogen-bond acceptors (Lipinski definition) is 4. The van der Waals surface area contributed by atoms with Crippen LogP contribution in [0.1, 0.15) is 38.8 Å². The molecular weight excluding hydrogens is 501 g/mol. The molecule has 0 heterocycles. The topological polar surface area (TPSA) is 77.0 Å². The second-order valence-corrected chi connectivity index (χ2v) is 8.97. The number of benzene rings is 1. The van der Waals surface area contributed by atoms with Crippen LogP contribution in [-0.4, -0.2) is 76.2 Å². The van der Waals surface area contributed by atoms with Gasteiger partial charge in [0.2, 0.25) is 10.0 Å². The van der Waals surface area contributed by atoms with Crippen LogP contribution >= 0.6 is 24.0 Å². The number of sulfonamides is 1. The van der Waals surface area contributed by atoms with Crippen LogP contribution in [0.2, 0.25) is 0 Å². The van der Waals surface area contributed by atoms with Gasteiger partial charge in [0.25, 0.3) is 0 Å². The van der Waals surface area contributed by atoms with Crippen molar-refractivity contribution in [2.45, 2.75) is 33.2 Å². The zero-order valence-corrected chi connectivity index (χ0v) is 21.5. The van der Waals surface area contributed by atoms with Crippen molar-refractivity contribution in [2.24, 2.45) is 4.99 Å². The van der Waals surface area contributed by atoms with Gasteiger partial charge in [-0.2, -0.15) is 0 Å². The number of aliphatic imine (C=N–C) groups is 1. The summed E-state index contributed by atoms with van der Waals surface area (Å²) in [5.74, 6) is 0.862. The third-order valence-corrected chi connectivity index (χ3v) is 6.77. The highest BCUT2D eigenvalue weighted by atomic mass is 127. The molecule has 1 aromatic rings. The first-order valence-electron chi connectivity index (χ1n) is 10.1. The molecule has 0 aliphatic carbocycles. The minimum absolute atomic E-state index is 0. The molecule has 1 rings (SSSR count). The van der Waals surface area contributed by atoms with Crippen LogP contribution in [0.5, 0.6) is 0 Å². The summed E-state index contributed by atoms with van der Waals surface area (Å²) >= 11 is 0. The van der Waals surface area contributed by atoms with Crippen LogP contribution in [0.15, 0.2) is 35.3 Å². The standard InChI is InChI=1S/C20H37N5O2S.HI/c1-6-25(7-2)19(18-13-10-9-11-14-18)17-23-20(21-4)22-15-12-16-24(5)28(26,27)8-3;/h9-11,13-14,19H,6-8,12,15-17H2,1-5H3,(H2,21,22,23);1H. The van der Waals surface area contributed by atoms with Gasteiger partial charge in [0.05, 0.1) is 11.8 Å². The van der Waals surface area contributed by atoms with Gasteiger partial charge in [0.1, 0.15) is 0 Å². The largest absolute Gasteiger partial charge is 0.356 e. The Morgan fingerprint density at radius 3 is 2.24 bits per heavy atom. The second-order valence-electron chi connectivity index (χ2n) is 6.60. The minimum atomic E-state index is -3.12. The summed E-state index contributed by atoms with van der Waals surface area (Å²) in [6.45, 7) is 9.85. The summed E-state index contributed by atoms with van der Waals surface area (Å²) in [4.78, 5) is 6.71. The van der Waals surface area contributed by atoms with Crippen LogP contribution in [0, 0.1) is 0 Å². The number of halogens is 1. The Morgan fingerprint density at radius 2 is 1.72 bits per heavy atom. The molecule has 0 saturated heterocycles. The highest BCUT2D eigenvalue weighted by Crippen LogP contribution is 2.19. The SMILES string of the molecule is CCN(CC)C(CNC(=NC)NCCCN(C)S(=O)(=O)CC)c1ccccc1.I. The van der Waals surface area contributed by atoms with Crippen molar-refractivity contribution in [3.05, 3.63) is 35.9 Å². The third-order valence-electron chi connectivity index (χ3n) is 4.91. The fraction of sp³-hybridized carbons (Fsp3) is 0.650. The molecule has 1 aromatic carbocycles. The normalized spacial score (nSPS) is 13.3. The molecule has 2 N–H and O–H groups in total. The van der Waals surface area contributed by atoms with E-state index >= 15 is 0 Å². The first-order chi connectivity index (χ1) is 13.4. The molecule has 9 heteroatoms. The molecule has 0 radical (unpaired) electrons. The van der Waals surface area contributed by atoms with Crippen LogP contribution in [0.4, 0.5) is 0 Å². The molecule has 0 fully saturated rings. The number of nitrogens with one attached hydrogen (secondary N) is 2. The Kier molecular flexibility index (Phi) is 14.5. The number of rotatable bonds is 12. The van der Waals surface area contributed by atoms with E-state index in [9.17, 15) is 8.42 Å². The molecule has 0 aliphatic rings. The van der Waals surface area contributed by atoms with E-state index in [4.69, 9.17) is 0 Å². The molecule has 1 atom stereocenters. The van der Waals surface area contributed by atoms with Crippen molar-refractivity contribution in [2.75, 3.05) is 52.6 Å². The Bertz CT molecular complexity index is 681. The predicted molar refractivity (Wildman–Crippen MR) is 134 cm³/mol. The summed E-state index contributed by atoms with van der Waals surface area (Å²) in [6.07, 6.45) is 0.717. The Morgan fingerprint density at radius 1 is 1.10 bits per heavy atom. The van der Waals surface area contributed by atoms with Crippen molar-refractivity contribution < 1.29 is 8.42 Å². The van der Waals surface area contributed by atoms with Gasteiger partial charge in [-0.15, -0.1) is 24.0 Å². The number of hydrogen-bond donors (Lipinski definition) is 2. The monoisotopic (exact) mass is 539 g/mol. The zero-order valence-electron chi connectivity index (χ0n) is 18.4. The summed E-state index contributed by atoms with van der Waals surface area (Å²) in [5.41, 5.74) is 1.28. The average molecular weight is 540 g/mol. The van der Waals surface area contributed by atoms with Gasteiger partial charge in [-0.1, -0.05) is 44.2 Å². The second kappa shape index (κ2) is 15.0. The van der Waals surface area contributed by atoms with E-state index in [2.05, 4.69) is 58.6 Å². The van der Waals surface area contributed by atoms with E-state index < -0.39 is 10.0 Å². The lowest BCUT2D eigenvalue weighted by molar-refractivity contribution is 0.219. The lowest BCUT2D eigenvalue weighted by atomic mass is 10.1. The molecule has 0 aromatic heterocycles. The van der Waals surface area contributed by atoms with E-state index in [1.165, 1.54) is 9.87 Å². The van der Waals surface area contributed by atoms with Crippen molar-refractivity contribution in [3.63, 3.8) is 0 Å². The quantitative estimate of drug-likeness (QED) is 0.185. The lowest BCUT2D eigenvalue weighted by Gasteiger charge is -2.30. The van der Waals surface area contributed by atoms with Gasteiger partial charge in [-0.3, -0.25) is 9.89 Å². The van der Waals surface area contributed by atoms with Crippen LogP contribution < -0.4 is 10.6 Å². The van der Waals surface area contributed by atoms with Crippen molar-refractivity contribution >= 4 is 40.0 Å². The third kappa shape index (κ3) is 9.63. The predicted octanol–water partition coefficient (Wildman–Crippen LogP) is 2.52. The fourth-order valence-electron chi connectivity index (χ4n) is 3.08. The van der Waals surface area contributed by atoms with Gasteiger partial charge in [-0.25, -0.2) is 12.7 Å². The fourth-order valence-corrected chi connectivity index (χ4v) is 3.93. The molecule has 1 unspecified atom stereocenters. The lowest BCUT2D eigenvalue weighted by Crippen LogP contribution is -2.44. The number of likely N-dealkylation sites (N-methyl/N-ethyl adjacent to an activating group) is 1. The molecule has 0 bridgehead atoms. The van der Waals surface area contributed by atoms with Gasteiger partial charge in [0.15, 0.2) is 5.96 Å². The van der Waals surface area contributed by atoms with Gasteiger partial charge in [0, 0.05) is 33.7 Å². The molecule has 0 spiro atoms. The maximum absolute atomic E-state index is 11.8. The van der Waals surface area contributed by atoms with Gasteiger partial charge < -0.3 is 10.6 Å². The highest BCUT2D eigenvalue weighted by Gasteiger charge is 2.18. The smallest absolute Gasteiger partial charge is 0.213 e. The van der Waals surface area contributed by atoms with E-state index in [1.54, 1.807) is 21.0 Å². The first-order valence-corrected chi connectivity index (χ1v) is 11.7. The number of guanidine groups is 1. The van der Waals surface area contributed by atoms with E-state index in [0.29, 0.717) is 19.5 Å². The molecule has 0 saturated carbocycles. The molecule has 7 nitrogen and oxygen atoms in total. The maximum atomic E-state index is 11.8. The van der Waals surface area contributed by atoms with Crippen molar-refractivity contribution in [1.82, 2.24) is 19.8 Å². The van der Waals surface area contributed by atoms with Gasteiger partial charge in [-0.05, 0) is 32.0 Å². The highest BCUT2D eigenvalue weighted by molar-refractivity contribution is 14.0. The molecule has 0 amide bonds. The van der Waals surface area contributed by atoms with E-state index in [0.717, 1.165) is 25.6 Å². The van der Waals surface area contributed by atoms with E-state index in [-0.39, 0.29) is 35.8 Å². The van der Waals surface area contributed by atoms with Crippen LogP contribution in [0.25, 0.3) is 0 Å². The number of nitrogens with zero attached hydrogens (tertiary/aromatic N) is 3.